The molecule has 0 aliphatic heterocycles. The topological polar surface area (TPSA) is 146 Å². The number of hydrogen-bond acceptors (Lipinski definition) is 8. The molecule has 10 heteroatoms. The van der Waals surface area contributed by atoms with Gasteiger partial charge in [0.05, 0.1) is 13.2 Å². The second-order valence-corrected chi connectivity index (χ2v) is 6.19. The van der Waals surface area contributed by atoms with E-state index >= 15 is 0 Å². The van der Waals surface area contributed by atoms with Crippen molar-refractivity contribution in [2.24, 2.45) is 0 Å². The molecule has 0 bridgehead atoms. The van der Waals surface area contributed by atoms with Gasteiger partial charge in [0.25, 0.3) is 0 Å². The van der Waals surface area contributed by atoms with Crippen LogP contribution in [-0.2, 0) is 28.8 Å². The Morgan fingerprint density at radius 1 is 0.500 bits per heavy atom. The molecule has 0 saturated heterocycles. The van der Waals surface area contributed by atoms with Crippen LogP contribution in [0.1, 0.15) is 77.0 Å². The Hall–Kier alpha value is -2.52. The van der Waals surface area contributed by atoms with Gasteiger partial charge in [-0.1, -0.05) is 38.5 Å². The molecule has 0 saturated carbocycles. The molecule has 0 fully saturated rings. The van der Waals surface area contributed by atoms with Gasteiger partial charge in [-0.3, -0.25) is 9.59 Å². The normalized spacial score (nSPS) is 10.1. The van der Waals surface area contributed by atoms with E-state index < -0.39 is 24.2 Å². The Kier molecular flexibility index (Phi) is 16.3. The average Bonchev–Trinajstić information content (AvgIpc) is 2.63. The third-order valence-corrected chi connectivity index (χ3v) is 3.69. The third kappa shape index (κ3) is 19.8. The minimum Gasteiger partial charge on any atom is -0.481 e. The zero-order chi connectivity index (χ0) is 21.0. The number of carbonyl (C=O) groups is 4. The molecule has 28 heavy (non-hydrogen) atoms. The van der Waals surface area contributed by atoms with Crippen LogP contribution in [0.5, 0.6) is 0 Å². The van der Waals surface area contributed by atoms with Crippen LogP contribution >= 0.6 is 0 Å². The molecule has 0 heterocycles. The van der Waals surface area contributed by atoms with Crippen molar-refractivity contribution in [2.45, 2.75) is 77.0 Å². The van der Waals surface area contributed by atoms with Gasteiger partial charge in [0, 0.05) is 12.8 Å². The summed E-state index contributed by atoms with van der Waals surface area (Å²) in [6, 6.07) is 0. The van der Waals surface area contributed by atoms with Gasteiger partial charge < -0.3 is 19.7 Å². The fraction of sp³-hybridized carbons (Fsp3) is 0.778. The van der Waals surface area contributed by atoms with E-state index in [1.807, 2.05) is 0 Å². The average molecular weight is 406 g/mol. The molecule has 0 aliphatic rings. The highest BCUT2D eigenvalue weighted by molar-refractivity contribution is 5.66. The van der Waals surface area contributed by atoms with Crippen molar-refractivity contribution in [1.82, 2.24) is 0 Å². The Labute approximate surface area is 164 Å². The number of aliphatic carboxylic acids is 2. The third-order valence-electron chi connectivity index (χ3n) is 3.69. The highest BCUT2D eigenvalue weighted by Gasteiger charge is 2.11. The second-order valence-electron chi connectivity index (χ2n) is 6.19. The molecule has 162 valence electrons. The number of rotatable bonds is 16. The SMILES string of the molecule is O=C(O)CCCCCCCOC(=O)OOC(=O)OCCCCCCCC(=O)O. The highest BCUT2D eigenvalue weighted by Crippen LogP contribution is 2.07. The van der Waals surface area contributed by atoms with Crippen LogP contribution in [0.4, 0.5) is 9.59 Å². The first-order chi connectivity index (χ1) is 13.4. The molecule has 0 atom stereocenters. The zero-order valence-corrected chi connectivity index (χ0v) is 16.1. The summed E-state index contributed by atoms with van der Waals surface area (Å²) in [7, 11) is 0. The fourth-order valence-electron chi connectivity index (χ4n) is 2.24. The van der Waals surface area contributed by atoms with Gasteiger partial charge in [-0.15, -0.1) is 0 Å². The maximum Gasteiger partial charge on any atom is 0.549 e. The summed E-state index contributed by atoms with van der Waals surface area (Å²) in [5, 5.41) is 17.0. The van der Waals surface area contributed by atoms with Gasteiger partial charge in [0.15, 0.2) is 0 Å². The van der Waals surface area contributed by atoms with E-state index in [1.54, 1.807) is 0 Å². The molecule has 0 spiro atoms. The molecule has 2 N–H and O–H groups in total. The fourth-order valence-corrected chi connectivity index (χ4v) is 2.24. The van der Waals surface area contributed by atoms with Gasteiger partial charge >= 0.3 is 24.2 Å². The molecular weight excluding hydrogens is 376 g/mol. The maximum absolute atomic E-state index is 11.2. The molecule has 0 aliphatic carbocycles. The number of hydrogen-bond donors (Lipinski definition) is 2. The van der Waals surface area contributed by atoms with E-state index in [1.165, 1.54) is 0 Å². The van der Waals surface area contributed by atoms with Crippen molar-refractivity contribution in [3.05, 3.63) is 0 Å². The maximum atomic E-state index is 11.2. The van der Waals surface area contributed by atoms with Crippen molar-refractivity contribution in [3.8, 4) is 0 Å². The Balaban J connectivity index is 3.38. The first kappa shape index (κ1) is 25.5. The van der Waals surface area contributed by atoms with Crippen LogP contribution in [0.25, 0.3) is 0 Å². The molecule has 0 amide bonds. The smallest absolute Gasteiger partial charge is 0.481 e. The summed E-state index contributed by atoms with van der Waals surface area (Å²) in [4.78, 5) is 51.4. The minimum atomic E-state index is -1.14. The van der Waals surface area contributed by atoms with E-state index in [9.17, 15) is 19.2 Å². The summed E-state index contributed by atoms with van der Waals surface area (Å²) in [5.41, 5.74) is 0. The Morgan fingerprint density at radius 3 is 1.18 bits per heavy atom. The molecular formula is C18H30O10. The molecule has 0 radical (unpaired) electrons. The van der Waals surface area contributed by atoms with E-state index in [-0.39, 0.29) is 26.1 Å². The molecule has 0 aromatic carbocycles. The molecule has 0 rings (SSSR count). The van der Waals surface area contributed by atoms with Crippen LogP contribution in [0, 0.1) is 0 Å². The first-order valence-electron chi connectivity index (χ1n) is 9.53. The predicted molar refractivity (Wildman–Crippen MR) is 95.5 cm³/mol. The van der Waals surface area contributed by atoms with Crippen LogP contribution in [0.15, 0.2) is 0 Å². The van der Waals surface area contributed by atoms with Crippen LogP contribution in [-0.4, -0.2) is 47.7 Å². The summed E-state index contributed by atoms with van der Waals surface area (Å²) in [6.07, 6.45) is 5.33. The second kappa shape index (κ2) is 17.9. The van der Waals surface area contributed by atoms with Crippen molar-refractivity contribution in [3.63, 3.8) is 0 Å². The van der Waals surface area contributed by atoms with E-state index in [0.29, 0.717) is 25.7 Å². The Morgan fingerprint density at radius 2 is 0.821 bits per heavy atom. The summed E-state index contributed by atoms with van der Waals surface area (Å²) in [5.74, 6) is -1.62. The Bertz CT molecular complexity index is 421. The van der Waals surface area contributed by atoms with Crippen LogP contribution < -0.4 is 0 Å². The highest BCUT2D eigenvalue weighted by atomic mass is 17.3. The number of ether oxygens (including phenoxy) is 2. The molecule has 0 unspecified atom stereocenters. The zero-order valence-electron chi connectivity index (χ0n) is 16.1. The van der Waals surface area contributed by atoms with Crippen LogP contribution in [0.2, 0.25) is 0 Å². The lowest BCUT2D eigenvalue weighted by Crippen LogP contribution is -2.14. The number of unbranched alkanes of at least 4 members (excludes halogenated alkanes) is 8. The lowest BCUT2D eigenvalue weighted by atomic mass is 10.1. The standard InChI is InChI=1S/C18H30O10/c19-15(20)11-7-3-1-5-9-13-25-17(23)27-28-18(24)26-14-10-6-2-4-8-12-16(21)22/h1-14H2,(H,19,20)(H,21,22). The van der Waals surface area contributed by atoms with Gasteiger partial charge in [0.2, 0.25) is 0 Å². The summed E-state index contributed by atoms with van der Waals surface area (Å²) >= 11 is 0. The van der Waals surface area contributed by atoms with Gasteiger partial charge in [-0.25, -0.2) is 0 Å². The van der Waals surface area contributed by atoms with Gasteiger partial charge in [0.1, 0.15) is 0 Å². The first-order valence-corrected chi connectivity index (χ1v) is 9.53. The van der Waals surface area contributed by atoms with E-state index in [0.717, 1.165) is 38.5 Å². The monoisotopic (exact) mass is 406 g/mol. The van der Waals surface area contributed by atoms with Gasteiger partial charge in [-0.2, -0.15) is 19.4 Å². The number of carboxylic acids is 2. The number of carboxylic acid groups (broad SMARTS) is 2. The summed E-state index contributed by atoms with van der Waals surface area (Å²) < 4.78 is 9.41. The molecule has 0 aromatic rings. The van der Waals surface area contributed by atoms with Crippen molar-refractivity contribution >= 4 is 24.2 Å². The van der Waals surface area contributed by atoms with Gasteiger partial charge in [-0.05, 0) is 25.7 Å². The van der Waals surface area contributed by atoms with Crippen LogP contribution in [0.3, 0.4) is 0 Å². The summed E-state index contributed by atoms with van der Waals surface area (Å²) in [6.45, 7) is 0.218. The van der Waals surface area contributed by atoms with Crippen molar-refractivity contribution in [2.75, 3.05) is 13.2 Å². The lowest BCUT2D eigenvalue weighted by molar-refractivity contribution is -0.217. The predicted octanol–water partition coefficient (Wildman–Crippen LogP) is 4.06. The lowest BCUT2D eigenvalue weighted by Gasteiger charge is -2.05. The van der Waals surface area contributed by atoms with Crippen molar-refractivity contribution in [1.29, 1.82) is 0 Å². The molecule has 10 nitrogen and oxygen atoms in total. The van der Waals surface area contributed by atoms with Crippen molar-refractivity contribution < 1.29 is 48.6 Å². The van der Waals surface area contributed by atoms with E-state index in [4.69, 9.17) is 19.7 Å². The van der Waals surface area contributed by atoms with E-state index in [2.05, 4.69) is 9.78 Å². The number of carbonyl (C=O) groups excluding carboxylic acids is 2. The minimum absolute atomic E-state index is 0.109. The largest absolute Gasteiger partial charge is 0.549 e. The molecule has 0 aromatic heterocycles. The quantitative estimate of drug-likeness (QED) is 0.166.